The molecule has 110 valence electrons. The second-order valence-corrected chi connectivity index (χ2v) is 4.40. The minimum atomic E-state index is -0.580. The third-order valence-corrected chi connectivity index (χ3v) is 1.86. The molecule has 0 spiro atoms. The summed E-state index contributed by atoms with van der Waals surface area (Å²) in [6.45, 7) is 7.75. The largest absolute Gasteiger partial charge is 0.466 e. The van der Waals surface area contributed by atoms with Gasteiger partial charge in [-0.1, -0.05) is 0 Å². The van der Waals surface area contributed by atoms with Crippen molar-refractivity contribution in [3.8, 4) is 0 Å². The Bertz CT molecular complexity index is 302. The highest BCUT2D eigenvalue weighted by Gasteiger charge is 2.14. The Kier molecular flexibility index (Phi) is 8.82. The molecule has 0 aliphatic heterocycles. The predicted octanol–water partition coefficient (Wildman–Crippen LogP) is 1.01. The van der Waals surface area contributed by atoms with Crippen LogP contribution >= 0.6 is 0 Å². The molecule has 0 heterocycles. The van der Waals surface area contributed by atoms with Gasteiger partial charge in [0.05, 0.1) is 25.9 Å². The molecule has 0 rings (SSSR count). The highest BCUT2D eigenvalue weighted by atomic mass is 16.7. The molecular formula is C13H23NO5. The lowest BCUT2D eigenvalue weighted by Crippen LogP contribution is -2.37. The second kappa shape index (κ2) is 9.52. The molecule has 0 aromatic heterocycles. The molecule has 19 heavy (non-hydrogen) atoms. The summed E-state index contributed by atoms with van der Waals surface area (Å²) in [6, 6.07) is 0. The molecule has 0 aliphatic carbocycles. The Morgan fingerprint density at radius 2 is 1.58 bits per heavy atom. The molecule has 0 aromatic carbocycles. The van der Waals surface area contributed by atoms with Crippen LogP contribution in [-0.4, -0.2) is 44.0 Å². The summed E-state index contributed by atoms with van der Waals surface area (Å²) >= 11 is 0. The summed E-state index contributed by atoms with van der Waals surface area (Å²) in [5, 5.41) is 2.59. The van der Waals surface area contributed by atoms with Gasteiger partial charge in [-0.15, -0.1) is 0 Å². The van der Waals surface area contributed by atoms with Crippen molar-refractivity contribution in [2.24, 2.45) is 0 Å². The van der Waals surface area contributed by atoms with Gasteiger partial charge in [-0.05, 0) is 27.7 Å². The van der Waals surface area contributed by atoms with Crippen molar-refractivity contribution in [1.29, 1.82) is 0 Å². The maximum absolute atomic E-state index is 11.4. The van der Waals surface area contributed by atoms with Crippen LogP contribution in [0.2, 0.25) is 0 Å². The Balaban J connectivity index is 4.19. The van der Waals surface area contributed by atoms with Crippen LogP contribution in [0.3, 0.4) is 0 Å². The zero-order chi connectivity index (χ0) is 14.8. The van der Waals surface area contributed by atoms with Gasteiger partial charge in [-0.25, -0.2) is 4.79 Å². The highest BCUT2D eigenvalue weighted by molar-refractivity contribution is 5.94. The molecule has 0 saturated carbocycles. The first-order chi connectivity index (χ1) is 8.85. The standard InChI is InChI=1S/C13H23NO5/c1-9(2)18-13(19-10(3)4)8-14-11(15)6-7-12(16)17-5/h6-7,9-10,13H,8H2,1-5H3,(H,14,15). The van der Waals surface area contributed by atoms with E-state index in [1.807, 2.05) is 27.7 Å². The third-order valence-electron chi connectivity index (χ3n) is 1.86. The van der Waals surface area contributed by atoms with E-state index in [1.54, 1.807) is 0 Å². The zero-order valence-corrected chi connectivity index (χ0v) is 12.1. The maximum atomic E-state index is 11.4. The van der Waals surface area contributed by atoms with Gasteiger partial charge in [0, 0.05) is 12.2 Å². The fraction of sp³-hybridized carbons (Fsp3) is 0.692. The van der Waals surface area contributed by atoms with Gasteiger partial charge in [-0.2, -0.15) is 0 Å². The van der Waals surface area contributed by atoms with E-state index in [4.69, 9.17) is 9.47 Å². The Morgan fingerprint density at radius 3 is 2.00 bits per heavy atom. The molecule has 0 aliphatic rings. The topological polar surface area (TPSA) is 73.9 Å². The lowest BCUT2D eigenvalue weighted by Gasteiger charge is -2.23. The number of ether oxygens (including phenoxy) is 3. The first-order valence-corrected chi connectivity index (χ1v) is 6.20. The molecule has 0 bridgehead atoms. The molecule has 0 aromatic rings. The van der Waals surface area contributed by atoms with Crippen molar-refractivity contribution in [1.82, 2.24) is 5.32 Å². The minimum Gasteiger partial charge on any atom is -0.466 e. The van der Waals surface area contributed by atoms with Crippen molar-refractivity contribution in [3.63, 3.8) is 0 Å². The highest BCUT2D eigenvalue weighted by Crippen LogP contribution is 2.03. The number of carbonyl (C=O) groups is 2. The van der Waals surface area contributed by atoms with Gasteiger partial charge in [0.15, 0.2) is 6.29 Å². The van der Waals surface area contributed by atoms with E-state index >= 15 is 0 Å². The van der Waals surface area contributed by atoms with E-state index in [0.29, 0.717) is 0 Å². The van der Waals surface area contributed by atoms with Gasteiger partial charge in [0.25, 0.3) is 0 Å². The summed E-state index contributed by atoms with van der Waals surface area (Å²) in [7, 11) is 1.24. The van der Waals surface area contributed by atoms with Crippen LogP contribution in [0.25, 0.3) is 0 Å². The number of nitrogens with one attached hydrogen (secondary N) is 1. The number of methoxy groups -OCH3 is 1. The lowest BCUT2D eigenvalue weighted by molar-refractivity contribution is -0.178. The van der Waals surface area contributed by atoms with Crippen LogP contribution in [0, 0.1) is 0 Å². The summed E-state index contributed by atoms with van der Waals surface area (Å²) in [4.78, 5) is 22.2. The molecule has 0 saturated heterocycles. The number of amides is 1. The van der Waals surface area contributed by atoms with Gasteiger partial charge >= 0.3 is 5.97 Å². The fourth-order valence-electron chi connectivity index (χ4n) is 1.19. The number of hydrogen-bond donors (Lipinski definition) is 1. The molecule has 0 fully saturated rings. The van der Waals surface area contributed by atoms with Crippen molar-refractivity contribution in [2.45, 2.75) is 46.2 Å². The van der Waals surface area contributed by atoms with E-state index in [9.17, 15) is 9.59 Å². The normalized spacial score (nSPS) is 11.6. The average Bonchev–Trinajstić information content (AvgIpc) is 2.31. The van der Waals surface area contributed by atoms with Crippen LogP contribution in [0.4, 0.5) is 0 Å². The monoisotopic (exact) mass is 273 g/mol. The summed E-state index contributed by atoms with van der Waals surface area (Å²) < 4.78 is 15.4. The zero-order valence-electron chi connectivity index (χ0n) is 12.1. The molecular weight excluding hydrogens is 250 g/mol. The number of rotatable bonds is 8. The quantitative estimate of drug-likeness (QED) is 0.406. The second-order valence-electron chi connectivity index (χ2n) is 4.40. The van der Waals surface area contributed by atoms with E-state index in [1.165, 1.54) is 7.11 Å². The summed E-state index contributed by atoms with van der Waals surface area (Å²) in [6.07, 6.45) is 1.62. The van der Waals surface area contributed by atoms with Crippen LogP contribution in [0.5, 0.6) is 0 Å². The van der Waals surface area contributed by atoms with Crippen LogP contribution in [0.15, 0.2) is 12.2 Å². The van der Waals surface area contributed by atoms with E-state index in [-0.39, 0.29) is 18.8 Å². The molecule has 1 amide bonds. The van der Waals surface area contributed by atoms with Crippen LogP contribution in [-0.2, 0) is 23.8 Å². The van der Waals surface area contributed by atoms with E-state index in [0.717, 1.165) is 12.2 Å². The third kappa shape index (κ3) is 10.2. The summed E-state index contributed by atoms with van der Waals surface area (Å²) in [5.74, 6) is -0.987. The van der Waals surface area contributed by atoms with Gasteiger partial charge < -0.3 is 19.5 Å². The van der Waals surface area contributed by atoms with Crippen LogP contribution < -0.4 is 5.32 Å². The van der Waals surface area contributed by atoms with Crippen molar-refractivity contribution in [3.05, 3.63) is 12.2 Å². The molecule has 1 N–H and O–H groups in total. The molecule has 0 radical (unpaired) electrons. The Hall–Kier alpha value is -1.40. The average molecular weight is 273 g/mol. The number of carbonyl (C=O) groups excluding carboxylic acids is 2. The number of esters is 1. The van der Waals surface area contributed by atoms with Crippen LogP contribution in [0.1, 0.15) is 27.7 Å². The number of hydrogen-bond acceptors (Lipinski definition) is 5. The Morgan fingerprint density at radius 1 is 1.05 bits per heavy atom. The molecule has 6 heteroatoms. The van der Waals surface area contributed by atoms with Gasteiger partial charge in [0.1, 0.15) is 0 Å². The first kappa shape index (κ1) is 17.6. The van der Waals surface area contributed by atoms with Gasteiger partial charge in [0.2, 0.25) is 5.91 Å². The summed E-state index contributed by atoms with van der Waals surface area (Å²) in [5.41, 5.74) is 0. The lowest BCUT2D eigenvalue weighted by atomic mass is 10.4. The minimum absolute atomic E-state index is 0.00809. The molecule has 0 unspecified atom stereocenters. The molecule has 0 atom stereocenters. The van der Waals surface area contributed by atoms with Crippen molar-refractivity contribution < 1.29 is 23.8 Å². The van der Waals surface area contributed by atoms with Crippen molar-refractivity contribution in [2.75, 3.05) is 13.7 Å². The van der Waals surface area contributed by atoms with Crippen molar-refractivity contribution >= 4 is 11.9 Å². The predicted molar refractivity (Wildman–Crippen MR) is 70.4 cm³/mol. The Labute approximate surface area is 114 Å². The molecule has 6 nitrogen and oxygen atoms in total. The smallest absolute Gasteiger partial charge is 0.330 e. The fourth-order valence-corrected chi connectivity index (χ4v) is 1.19. The SMILES string of the molecule is COC(=O)C=CC(=O)NCC(OC(C)C)OC(C)C. The first-order valence-electron chi connectivity index (χ1n) is 6.20. The van der Waals surface area contributed by atoms with E-state index < -0.39 is 18.2 Å². The maximum Gasteiger partial charge on any atom is 0.330 e. The van der Waals surface area contributed by atoms with E-state index in [2.05, 4.69) is 10.1 Å². The van der Waals surface area contributed by atoms with Gasteiger partial charge in [-0.3, -0.25) is 4.79 Å².